The average molecular weight is 564 g/mol. The van der Waals surface area contributed by atoms with E-state index in [-0.39, 0.29) is 63.9 Å². The Morgan fingerprint density at radius 2 is 0.973 bits per heavy atom. The summed E-state index contributed by atoms with van der Waals surface area (Å²) in [5.41, 5.74) is 0.953. The van der Waals surface area contributed by atoms with Gasteiger partial charge in [-0.15, -0.1) is 0 Å². The second-order valence-corrected chi connectivity index (χ2v) is 8.26. The van der Waals surface area contributed by atoms with E-state index in [1.54, 1.807) is 12.1 Å². The van der Waals surface area contributed by atoms with E-state index in [0.717, 1.165) is 0 Å². The summed E-state index contributed by atoms with van der Waals surface area (Å²) >= 11 is 0. The number of carboxylic acids is 2. The van der Waals surface area contributed by atoms with Crippen LogP contribution in [0.1, 0.15) is 22.3 Å². The van der Waals surface area contributed by atoms with Gasteiger partial charge in [0.25, 0.3) is 0 Å². The maximum absolute atomic E-state index is 11.6. The first-order chi connectivity index (χ1) is 17.2. The molecule has 2 unspecified atom stereocenters. The molecule has 0 heterocycles. The number of aromatic hydroxyl groups is 2. The van der Waals surface area contributed by atoms with E-state index < -0.39 is 63.5 Å². The number of aliphatic hydroxyl groups is 4. The van der Waals surface area contributed by atoms with Crippen molar-refractivity contribution in [2.45, 2.75) is 38.4 Å². The fraction of sp³-hybridized carbons (Fsp3) is 0.417. The molecule has 0 fully saturated rings. The third-order valence-electron chi connectivity index (χ3n) is 5.93. The quantitative estimate of drug-likeness (QED) is 0.126. The average Bonchev–Trinajstić information content (AvgIpc) is 2.83. The van der Waals surface area contributed by atoms with Gasteiger partial charge in [-0.1, -0.05) is 36.4 Å². The van der Waals surface area contributed by atoms with Crippen molar-refractivity contribution in [2.75, 3.05) is 26.3 Å². The number of phenols is 2. The van der Waals surface area contributed by atoms with E-state index in [0.29, 0.717) is 0 Å². The SMILES string of the molecule is O=C(O)CN(Cc1cccc(CO)c1O)C(CO)C(CO)N(CC(=O)O)Cc1cccc(CO)c1O.[Fe+2]. The Labute approximate surface area is 224 Å². The molecule has 204 valence electrons. The first-order valence-corrected chi connectivity index (χ1v) is 11.1. The topological polar surface area (TPSA) is 202 Å². The Morgan fingerprint density at radius 1 is 0.649 bits per heavy atom. The van der Waals surface area contributed by atoms with Crippen molar-refractivity contribution < 1.29 is 67.5 Å². The summed E-state index contributed by atoms with van der Waals surface area (Å²) in [6, 6.07) is 6.91. The Hall–Kier alpha value is -2.74. The van der Waals surface area contributed by atoms with Gasteiger partial charge in [-0.05, 0) is 0 Å². The molecule has 0 radical (unpaired) electrons. The zero-order valence-corrected chi connectivity index (χ0v) is 21.0. The minimum Gasteiger partial charge on any atom is -0.507 e. The maximum Gasteiger partial charge on any atom is 2.00 e. The smallest absolute Gasteiger partial charge is 0.507 e. The van der Waals surface area contributed by atoms with Crippen molar-refractivity contribution in [3.8, 4) is 11.5 Å². The molecule has 13 heteroatoms. The van der Waals surface area contributed by atoms with Gasteiger partial charge in [-0.2, -0.15) is 0 Å². The number of carboxylic acid groups (broad SMARTS) is 2. The number of aliphatic carboxylic acids is 2. The van der Waals surface area contributed by atoms with Crippen molar-refractivity contribution in [1.82, 2.24) is 9.80 Å². The zero-order chi connectivity index (χ0) is 26.8. The molecular weight excluding hydrogens is 532 g/mol. The van der Waals surface area contributed by atoms with Crippen LogP contribution < -0.4 is 0 Å². The molecule has 37 heavy (non-hydrogen) atoms. The van der Waals surface area contributed by atoms with Crippen LogP contribution in [0.5, 0.6) is 11.5 Å². The van der Waals surface area contributed by atoms with E-state index >= 15 is 0 Å². The Kier molecular flexibility index (Phi) is 13.5. The number of carbonyl (C=O) groups is 2. The number of hydrogen-bond acceptors (Lipinski definition) is 10. The summed E-state index contributed by atoms with van der Waals surface area (Å²) in [5, 5.41) is 79.2. The first kappa shape index (κ1) is 32.3. The minimum absolute atomic E-state index is 0. The fourth-order valence-electron chi connectivity index (χ4n) is 4.13. The molecule has 0 aliphatic rings. The molecule has 12 nitrogen and oxygen atoms in total. The summed E-state index contributed by atoms with van der Waals surface area (Å²) < 4.78 is 0. The normalized spacial score (nSPS) is 12.8. The van der Waals surface area contributed by atoms with Crippen LogP contribution >= 0.6 is 0 Å². The summed E-state index contributed by atoms with van der Waals surface area (Å²) in [4.78, 5) is 25.8. The second kappa shape index (κ2) is 15.5. The van der Waals surface area contributed by atoms with Gasteiger partial charge in [0.2, 0.25) is 0 Å². The fourth-order valence-corrected chi connectivity index (χ4v) is 4.13. The molecule has 0 aromatic heterocycles. The molecule has 2 atom stereocenters. The van der Waals surface area contributed by atoms with E-state index in [4.69, 9.17) is 0 Å². The van der Waals surface area contributed by atoms with Gasteiger partial charge in [-0.25, -0.2) is 0 Å². The van der Waals surface area contributed by atoms with Crippen molar-refractivity contribution in [1.29, 1.82) is 0 Å². The molecule has 0 saturated heterocycles. The summed E-state index contributed by atoms with van der Waals surface area (Å²) in [6.45, 7) is -3.86. The number of benzene rings is 2. The molecule has 0 aliphatic carbocycles. The molecular formula is C24H32FeN2O10+2. The van der Waals surface area contributed by atoms with Gasteiger partial charge in [-0.3, -0.25) is 19.4 Å². The van der Waals surface area contributed by atoms with Crippen molar-refractivity contribution in [2.24, 2.45) is 0 Å². The van der Waals surface area contributed by atoms with Gasteiger partial charge in [0.15, 0.2) is 0 Å². The van der Waals surface area contributed by atoms with Gasteiger partial charge in [0.05, 0.1) is 51.6 Å². The van der Waals surface area contributed by atoms with E-state index in [1.165, 1.54) is 34.1 Å². The van der Waals surface area contributed by atoms with Crippen LogP contribution in [0.2, 0.25) is 0 Å². The standard InChI is InChI=1S/C24H32N2O10.Fe/c27-11-17-5-1-3-15(23(17)35)7-25(9-21(31)32)19(13-29)20(14-30)26(10-22(33)34)8-16-4-2-6-18(12-28)24(16)36;/h1-6,19-20,27-30,35-36H,7-14H2,(H,31,32)(H,33,34);/q;+2. The first-order valence-electron chi connectivity index (χ1n) is 11.1. The Morgan fingerprint density at radius 3 is 1.24 bits per heavy atom. The molecule has 0 saturated carbocycles. The van der Waals surface area contributed by atoms with Crippen LogP contribution in [0.3, 0.4) is 0 Å². The van der Waals surface area contributed by atoms with Crippen molar-refractivity contribution in [3.63, 3.8) is 0 Å². The molecule has 2 aromatic rings. The second-order valence-electron chi connectivity index (χ2n) is 8.26. The maximum atomic E-state index is 11.6. The summed E-state index contributed by atoms with van der Waals surface area (Å²) in [6.07, 6.45) is 0. The molecule has 0 spiro atoms. The van der Waals surface area contributed by atoms with Crippen LogP contribution in [-0.4, -0.2) is 101 Å². The van der Waals surface area contributed by atoms with Crippen LogP contribution in [0.15, 0.2) is 36.4 Å². The van der Waals surface area contributed by atoms with Crippen molar-refractivity contribution in [3.05, 3.63) is 58.7 Å². The third kappa shape index (κ3) is 8.66. The molecule has 2 aromatic carbocycles. The number of hydrogen-bond donors (Lipinski definition) is 8. The molecule has 8 N–H and O–H groups in total. The van der Waals surface area contributed by atoms with Crippen LogP contribution in [-0.2, 0) is 53.0 Å². The van der Waals surface area contributed by atoms with Crippen molar-refractivity contribution >= 4 is 11.9 Å². The molecule has 0 bridgehead atoms. The largest absolute Gasteiger partial charge is 2.00 e. The molecule has 0 aliphatic heterocycles. The molecule has 0 amide bonds. The summed E-state index contributed by atoms with van der Waals surface area (Å²) in [7, 11) is 0. The number of rotatable bonds is 15. The number of aliphatic hydroxyl groups excluding tert-OH is 4. The van der Waals surface area contributed by atoms with Crippen LogP contribution in [0.25, 0.3) is 0 Å². The van der Waals surface area contributed by atoms with Gasteiger partial charge >= 0.3 is 29.0 Å². The predicted molar refractivity (Wildman–Crippen MR) is 126 cm³/mol. The van der Waals surface area contributed by atoms with Gasteiger partial charge < -0.3 is 40.9 Å². The van der Waals surface area contributed by atoms with E-state index in [9.17, 15) is 50.4 Å². The number of nitrogens with zero attached hydrogens (tertiary/aromatic N) is 2. The summed E-state index contributed by atoms with van der Waals surface area (Å²) in [5.74, 6) is -3.02. The monoisotopic (exact) mass is 564 g/mol. The Balaban J connectivity index is 0.00000684. The zero-order valence-electron chi connectivity index (χ0n) is 19.9. The predicted octanol–water partition coefficient (Wildman–Crippen LogP) is -0.725. The number of para-hydroxylation sites is 2. The van der Waals surface area contributed by atoms with Crippen LogP contribution in [0.4, 0.5) is 0 Å². The van der Waals surface area contributed by atoms with E-state index in [2.05, 4.69) is 0 Å². The van der Waals surface area contributed by atoms with Gasteiger partial charge in [0.1, 0.15) is 11.5 Å². The van der Waals surface area contributed by atoms with E-state index in [1.807, 2.05) is 0 Å². The van der Waals surface area contributed by atoms with Crippen LogP contribution in [0, 0.1) is 0 Å². The minimum atomic E-state index is -1.26. The Bertz CT molecular complexity index is 957. The molecule has 2 rings (SSSR count). The van der Waals surface area contributed by atoms with Gasteiger partial charge in [0, 0.05) is 35.3 Å². The third-order valence-corrected chi connectivity index (χ3v) is 5.93.